The first kappa shape index (κ1) is 31.3. The van der Waals surface area contributed by atoms with Gasteiger partial charge >= 0.3 is 6.18 Å². The van der Waals surface area contributed by atoms with Crippen LogP contribution in [0.1, 0.15) is 38.8 Å². The molecule has 0 atom stereocenters. The van der Waals surface area contributed by atoms with Crippen LogP contribution < -0.4 is 15.5 Å². The number of likely N-dealkylation sites (N-methyl/N-ethyl adjacent to an activating group) is 1. The molecule has 2 saturated heterocycles. The van der Waals surface area contributed by atoms with Crippen molar-refractivity contribution in [2.24, 2.45) is 0 Å². The Morgan fingerprint density at radius 3 is 2.52 bits per heavy atom. The number of aromatic nitrogens is 5. The fraction of sp³-hybridized carbons (Fsp3) is 0.500. The van der Waals surface area contributed by atoms with E-state index in [4.69, 9.17) is 4.74 Å². The van der Waals surface area contributed by atoms with Gasteiger partial charge in [0.15, 0.2) is 11.4 Å². The molecule has 0 aliphatic carbocycles. The monoisotopic (exact) mass is 616 g/mol. The Morgan fingerprint density at radius 2 is 1.80 bits per heavy atom. The zero-order valence-corrected chi connectivity index (χ0v) is 24.6. The molecule has 0 bridgehead atoms. The lowest BCUT2D eigenvalue weighted by atomic mass is 10.1. The number of nitrogens with one attached hydrogen (secondary N) is 2. The standard InChI is InChI=1S/C28H35F3N10O3/c1-19-33-17-21(25(34-19)28(29,30)31)26(42)35-22-16-20(4-5-24(22)40-10-8-38(2)9-11-40)41-18-23(36-37-41)27(43)32-6-3-7-39-12-14-44-15-13-39/h4-5,16-18H,3,6-15H2,1-2H3,(H,32,43)(H,35,42). The van der Waals surface area contributed by atoms with E-state index in [-0.39, 0.29) is 23.1 Å². The Kier molecular flexibility index (Phi) is 9.71. The van der Waals surface area contributed by atoms with E-state index in [0.29, 0.717) is 44.2 Å². The van der Waals surface area contributed by atoms with Gasteiger partial charge < -0.3 is 25.2 Å². The number of aryl methyl sites for hydroxylation is 1. The summed E-state index contributed by atoms with van der Waals surface area (Å²) in [5.41, 5.74) is -0.529. The molecule has 5 rings (SSSR count). The van der Waals surface area contributed by atoms with Crippen LogP contribution in [0.2, 0.25) is 0 Å². The number of carbonyl (C=O) groups is 2. The lowest BCUT2D eigenvalue weighted by Gasteiger charge is -2.35. The third kappa shape index (κ3) is 7.67. The van der Waals surface area contributed by atoms with Crippen LogP contribution in [0.4, 0.5) is 24.5 Å². The van der Waals surface area contributed by atoms with Crippen LogP contribution in [0.5, 0.6) is 0 Å². The van der Waals surface area contributed by atoms with E-state index in [1.54, 1.807) is 18.2 Å². The molecule has 2 fully saturated rings. The van der Waals surface area contributed by atoms with E-state index >= 15 is 0 Å². The number of amides is 2. The highest BCUT2D eigenvalue weighted by Gasteiger charge is 2.38. The minimum absolute atomic E-state index is 0.0999. The van der Waals surface area contributed by atoms with Crippen LogP contribution in [0, 0.1) is 6.92 Å². The van der Waals surface area contributed by atoms with Gasteiger partial charge in [-0.05, 0) is 45.1 Å². The Bertz CT molecular complexity index is 1470. The number of piperazine rings is 1. The number of anilines is 2. The molecule has 0 radical (unpaired) electrons. The number of ether oxygens (including phenoxy) is 1. The Balaban J connectivity index is 1.34. The fourth-order valence-electron chi connectivity index (χ4n) is 5.05. The smallest absolute Gasteiger partial charge is 0.379 e. The quantitative estimate of drug-likeness (QED) is 0.343. The number of rotatable bonds is 9. The molecule has 2 aromatic heterocycles. The first-order valence-electron chi connectivity index (χ1n) is 14.4. The zero-order chi connectivity index (χ0) is 31.3. The van der Waals surface area contributed by atoms with E-state index in [1.807, 2.05) is 11.9 Å². The topological polar surface area (TPSA) is 134 Å². The lowest BCUT2D eigenvalue weighted by Crippen LogP contribution is -2.44. The van der Waals surface area contributed by atoms with Crippen LogP contribution in [-0.2, 0) is 10.9 Å². The number of nitrogens with zero attached hydrogens (tertiary/aromatic N) is 8. The molecule has 0 spiro atoms. The predicted octanol–water partition coefficient (Wildman–Crippen LogP) is 1.84. The van der Waals surface area contributed by atoms with Crippen LogP contribution in [-0.4, -0.2) is 119 Å². The molecule has 2 amide bonds. The average molecular weight is 617 g/mol. The summed E-state index contributed by atoms with van der Waals surface area (Å²) >= 11 is 0. The average Bonchev–Trinajstić information content (AvgIpc) is 3.50. The molecule has 2 aliphatic heterocycles. The number of hydrogen-bond acceptors (Lipinski definition) is 10. The summed E-state index contributed by atoms with van der Waals surface area (Å²) in [6.45, 7) is 8.67. The maximum Gasteiger partial charge on any atom is 0.434 e. The number of alkyl halides is 3. The third-order valence-electron chi connectivity index (χ3n) is 7.53. The van der Waals surface area contributed by atoms with E-state index in [2.05, 4.69) is 40.7 Å². The van der Waals surface area contributed by atoms with E-state index < -0.39 is 23.3 Å². The van der Waals surface area contributed by atoms with Gasteiger partial charge in [0, 0.05) is 52.0 Å². The first-order valence-corrected chi connectivity index (χ1v) is 14.4. The van der Waals surface area contributed by atoms with Crippen molar-refractivity contribution >= 4 is 23.2 Å². The van der Waals surface area contributed by atoms with Gasteiger partial charge in [0.25, 0.3) is 11.8 Å². The molecule has 0 unspecified atom stereocenters. The van der Waals surface area contributed by atoms with Crippen LogP contribution in [0.3, 0.4) is 0 Å². The summed E-state index contributed by atoms with van der Waals surface area (Å²) in [6.07, 6.45) is -1.73. The van der Waals surface area contributed by atoms with Crippen molar-refractivity contribution in [2.45, 2.75) is 19.5 Å². The highest BCUT2D eigenvalue weighted by Crippen LogP contribution is 2.33. The van der Waals surface area contributed by atoms with E-state index in [1.165, 1.54) is 17.8 Å². The Labute approximate surface area is 252 Å². The predicted molar refractivity (Wildman–Crippen MR) is 155 cm³/mol. The van der Waals surface area contributed by atoms with Gasteiger partial charge in [0.05, 0.1) is 42.0 Å². The van der Waals surface area contributed by atoms with E-state index in [9.17, 15) is 22.8 Å². The maximum absolute atomic E-state index is 13.7. The number of carbonyl (C=O) groups excluding carboxylic acids is 2. The van der Waals surface area contributed by atoms with Crippen LogP contribution in [0.25, 0.3) is 5.69 Å². The molecule has 13 nitrogen and oxygen atoms in total. The maximum atomic E-state index is 13.7. The van der Waals surface area contributed by atoms with E-state index in [0.717, 1.165) is 45.3 Å². The van der Waals surface area contributed by atoms with Crippen molar-refractivity contribution < 1.29 is 27.5 Å². The molecule has 0 saturated carbocycles. The van der Waals surface area contributed by atoms with Gasteiger partial charge in [-0.1, -0.05) is 5.21 Å². The van der Waals surface area contributed by atoms with Crippen LogP contribution in [0.15, 0.2) is 30.6 Å². The van der Waals surface area contributed by atoms with Crippen molar-refractivity contribution in [3.8, 4) is 5.69 Å². The molecule has 16 heteroatoms. The lowest BCUT2D eigenvalue weighted by molar-refractivity contribution is -0.141. The van der Waals surface area contributed by atoms with Gasteiger partial charge in [-0.3, -0.25) is 14.5 Å². The summed E-state index contributed by atoms with van der Waals surface area (Å²) < 4.78 is 47.9. The fourth-order valence-corrected chi connectivity index (χ4v) is 5.05. The van der Waals surface area contributed by atoms with Crippen molar-refractivity contribution in [2.75, 3.05) is 82.8 Å². The minimum atomic E-state index is -4.84. The highest BCUT2D eigenvalue weighted by molar-refractivity contribution is 6.06. The largest absolute Gasteiger partial charge is 0.434 e. The van der Waals surface area contributed by atoms with Gasteiger partial charge in [-0.2, -0.15) is 13.2 Å². The van der Waals surface area contributed by atoms with Crippen molar-refractivity contribution in [1.82, 2.24) is 40.1 Å². The molecular weight excluding hydrogens is 581 g/mol. The number of benzene rings is 1. The van der Waals surface area contributed by atoms with Gasteiger partial charge in [0.1, 0.15) is 5.82 Å². The molecule has 44 heavy (non-hydrogen) atoms. The number of halogens is 3. The zero-order valence-electron chi connectivity index (χ0n) is 24.6. The summed E-state index contributed by atoms with van der Waals surface area (Å²) in [7, 11) is 2.00. The normalized spacial score (nSPS) is 16.6. The second-order valence-electron chi connectivity index (χ2n) is 10.7. The summed E-state index contributed by atoms with van der Waals surface area (Å²) in [4.78, 5) is 39.7. The third-order valence-corrected chi connectivity index (χ3v) is 7.53. The van der Waals surface area contributed by atoms with Crippen molar-refractivity contribution in [3.05, 3.63) is 53.4 Å². The number of morpholine rings is 1. The van der Waals surface area contributed by atoms with Crippen molar-refractivity contribution in [1.29, 1.82) is 0 Å². The first-order chi connectivity index (χ1) is 21.1. The molecule has 4 heterocycles. The molecular formula is C28H35F3N10O3. The van der Waals surface area contributed by atoms with Crippen LogP contribution >= 0.6 is 0 Å². The summed E-state index contributed by atoms with van der Waals surface area (Å²) in [6, 6.07) is 5.10. The molecule has 236 valence electrons. The van der Waals surface area contributed by atoms with Gasteiger partial charge in [0.2, 0.25) is 0 Å². The summed E-state index contributed by atoms with van der Waals surface area (Å²) in [5.74, 6) is -1.47. The Hall–Kier alpha value is -4.15. The Morgan fingerprint density at radius 1 is 1.05 bits per heavy atom. The number of hydrogen-bond donors (Lipinski definition) is 2. The SMILES string of the molecule is Cc1ncc(C(=O)Nc2cc(-n3cc(C(=O)NCCCN4CCOCC4)nn3)ccc2N2CCN(C)CC2)c(C(F)(F)F)n1. The summed E-state index contributed by atoms with van der Waals surface area (Å²) in [5, 5.41) is 13.6. The molecule has 1 aromatic carbocycles. The molecule has 3 aromatic rings. The second kappa shape index (κ2) is 13.7. The van der Waals surface area contributed by atoms with Crippen molar-refractivity contribution in [3.63, 3.8) is 0 Å². The second-order valence-corrected chi connectivity index (χ2v) is 10.7. The van der Waals surface area contributed by atoms with Gasteiger partial charge in [-0.15, -0.1) is 5.10 Å². The van der Waals surface area contributed by atoms with Gasteiger partial charge in [-0.25, -0.2) is 14.6 Å². The minimum Gasteiger partial charge on any atom is -0.379 e. The molecule has 2 N–H and O–H groups in total. The highest BCUT2D eigenvalue weighted by atomic mass is 19.4. The molecule has 2 aliphatic rings.